The molecule has 0 aromatic rings. The first-order valence-corrected chi connectivity index (χ1v) is 4.47. The molecule has 1 aliphatic carbocycles. The Labute approximate surface area is 78.1 Å². The van der Waals surface area contributed by atoms with Gasteiger partial charge in [0.15, 0.2) is 5.96 Å². The normalized spacial score (nSPS) is 19.6. The number of hydrogen-bond donors (Lipinski definition) is 3. The molecule has 0 amide bonds. The Morgan fingerprint density at radius 3 is 2.31 bits per heavy atom. The molecule has 0 unspecified atom stereocenters. The molecule has 1 saturated carbocycles. The van der Waals surface area contributed by atoms with Crippen molar-refractivity contribution in [3.8, 4) is 0 Å². The van der Waals surface area contributed by atoms with Crippen LogP contribution >= 0.6 is 0 Å². The first-order chi connectivity index (χ1) is 6.08. The summed E-state index contributed by atoms with van der Waals surface area (Å²) in [7, 11) is 0. The van der Waals surface area contributed by atoms with E-state index in [-0.39, 0.29) is 11.9 Å². The predicted octanol–water partition coefficient (Wildman–Crippen LogP) is -0.235. The van der Waals surface area contributed by atoms with Crippen LogP contribution in [-0.2, 0) is 0 Å². The molecule has 0 aromatic heterocycles. The lowest BCUT2D eigenvalue weighted by atomic mass is 10.1. The van der Waals surface area contributed by atoms with Crippen molar-refractivity contribution < 1.29 is 0 Å². The first-order valence-electron chi connectivity index (χ1n) is 4.47. The first kappa shape index (κ1) is 9.83. The van der Waals surface area contributed by atoms with Crippen molar-refractivity contribution in [3.63, 3.8) is 0 Å². The molecule has 0 saturated heterocycles. The Bertz CT molecular complexity index is 235. The van der Waals surface area contributed by atoms with E-state index in [4.69, 9.17) is 17.2 Å². The molecule has 13 heavy (non-hydrogen) atoms. The molecule has 0 atom stereocenters. The number of nitrogens with zero attached hydrogens (tertiary/aromatic N) is 2. The SMILES string of the molecule is CCC1(CN=C(N)N=C(N)N)CC1. The molecule has 0 radical (unpaired) electrons. The lowest BCUT2D eigenvalue weighted by Gasteiger charge is -2.07. The molecule has 0 heterocycles. The largest absolute Gasteiger partial charge is 0.370 e. The highest BCUT2D eigenvalue weighted by atomic mass is 15.1. The lowest BCUT2D eigenvalue weighted by molar-refractivity contribution is 0.506. The minimum Gasteiger partial charge on any atom is -0.370 e. The summed E-state index contributed by atoms with van der Waals surface area (Å²) >= 11 is 0. The van der Waals surface area contributed by atoms with Crippen LogP contribution in [0.15, 0.2) is 9.98 Å². The van der Waals surface area contributed by atoms with Crippen molar-refractivity contribution in [2.24, 2.45) is 32.6 Å². The lowest BCUT2D eigenvalue weighted by Crippen LogP contribution is -2.26. The van der Waals surface area contributed by atoms with Gasteiger partial charge >= 0.3 is 0 Å². The van der Waals surface area contributed by atoms with Crippen molar-refractivity contribution in [1.82, 2.24) is 0 Å². The highest BCUT2D eigenvalue weighted by Crippen LogP contribution is 2.48. The zero-order chi connectivity index (χ0) is 9.90. The van der Waals surface area contributed by atoms with Crippen molar-refractivity contribution in [1.29, 1.82) is 0 Å². The maximum absolute atomic E-state index is 5.47. The van der Waals surface area contributed by atoms with Gasteiger partial charge in [0.25, 0.3) is 0 Å². The fraction of sp³-hybridized carbons (Fsp3) is 0.750. The highest BCUT2D eigenvalue weighted by Gasteiger charge is 2.40. The molecule has 1 rings (SSSR count). The smallest absolute Gasteiger partial charge is 0.218 e. The van der Waals surface area contributed by atoms with Crippen molar-refractivity contribution in [2.45, 2.75) is 26.2 Å². The monoisotopic (exact) mass is 183 g/mol. The number of hydrogen-bond acceptors (Lipinski definition) is 1. The topological polar surface area (TPSA) is 103 Å². The quantitative estimate of drug-likeness (QED) is 0.415. The third-order valence-electron chi connectivity index (χ3n) is 2.53. The second-order valence-corrected chi connectivity index (χ2v) is 3.56. The van der Waals surface area contributed by atoms with Crippen LogP contribution in [0.3, 0.4) is 0 Å². The van der Waals surface area contributed by atoms with Crippen molar-refractivity contribution >= 4 is 11.9 Å². The summed E-state index contributed by atoms with van der Waals surface area (Å²) in [4.78, 5) is 7.76. The maximum Gasteiger partial charge on any atom is 0.218 e. The molecule has 6 N–H and O–H groups in total. The number of aliphatic imine (C=N–C) groups is 2. The molecule has 5 heteroatoms. The molecule has 1 fully saturated rings. The van der Waals surface area contributed by atoms with Crippen LogP contribution in [0.1, 0.15) is 26.2 Å². The molecule has 5 nitrogen and oxygen atoms in total. The van der Waals surface area contributed by atoms with Crippen LogP contribution in [0.2, 0.25) is 0 Å². The van der Waals surface area contributed by atoms with Crippen LogP contribution in [0, 0.1) is 5.41 Å². The summed E-state index contributed by atoms with van der Waals surface area (Å²) in [5.74, 6) is 0.141. The van der Waals surface area contributed by atoms with Gasteiger partial charge in [0.2, 0.25) is 5.96 Å². The van der Waals surface area contributed by atoms with Crippen LogP contribution in [0.5, 0.6) is 0 Å². The Morgan fingerprint density at radius 1 is 1.31 bits per heavy atom. The molecule has 0 aliphatic heterocycles. The van der Waals surface area contributed by atoms with E-state index >= 15 is 0 Å². The van der Waals surface area contributed by atoms with E-state index in [1.807, 2.05) is 0 Å². The van der Waals surface area contributed by atoms with Gasteiger partial charge in [-0.3, -0.25) is 4.99 Å². The average molecular weight is 183 g/mol. The summed E-state index contributed by atoms with van der Waals surface area (Å²) in [5, 5.41) is 0. The van der Waals surface area contributed by atoms with Crippen LogP contribution in [0.25, 0.3) is 0 Å². The zero-order valence-electron chi connectivity index (χ0n) is 7.95. The minimum atomic E-state index is -0.0393. The van der Waals surface area contributed by atoms with Crippen molar-refractivity contribution in [2.75, 3.05) is 6.54 Å². The van der Waals surface area contributed by atoms with Gasteiger partial charge in [-0.2, -0.15) is 4.99 Å². The van der Waals surface area contributed by atoms with Crippen LogP contribution in [0.4, 0.5) is 0 Å². The second-order valence-electron chi connectivity index (χ2n) is 3.56. The summed E-state index contributed by atoms with van der Waals surface area (Å²) in [6.07, 6.45) is 3.62. The number of guanidine groups is 2. The van der Waals surface area contributed by atoms with E-state index in [1.165, 1.54) is 12.8 Å². The van der Waals surface area contributed by atoms with Crippen LogP contribution < -0.4 is 17.2 Å². The Hall–Kier alpha value is -1.26. The van der Waals surface area contributed by atoms with Gasteiger partial charge in [0.05, 0.1) is 0 Å². The van der Waals surface area contributed by atoms with Crippen molar-refractivity contribution in [3.05, 3.63) is 0 Å². The Balaban J connectivity index is 2.43. The Kier molecular flexibility index (Phi) is 2.75. The zero-order valence-corrected chi connectivity index (χ0v) is 7.95. The van der Waals surface area contributed by atoms with Gasteiger partial charge < -0.3 is 17.2 Å². The summed E-state index contributed by atoms with van der Waals surface area (Å²) in [5.41, 5.74) is 16.2. The van der Waals surface area contributed by atoms with E-state index in [0.29, 0.717) is 5.41 Å². The van der Waals surface area contributed by atoms with Gasteiger partial charge in [0, 0.05) is 6.54 Å². The molecule has 1 aliphatic rings. The molecule has 74 valence electrons. The standard InChI is InChI=1S/C8H17N5/c1-2-8(3-4-8)5-12-7(11)13-6(9)10/h2-5H2,1H3,(H6,9,10,11,12,13). The van der Waals surface area contributed by atoms with Gasteiger partial charge in [-0.05, 0) is 24.7 Å². The summed E-state index contributed by atoms with van der Waals surface area (Å²) < 4.78 is 0. The number of rotatable bonds is 3. The average Bonchev–Trinajstić information content (AvgIpc) is 2.80. The molecule has 0 spiro atoms. The minimum absolute atomic E-state index is 0.0393. The maximum atomic E-state index is 5.47. The van der Waals surface area contributed by atoms with Gasteiger partial charge in [-0.1, -0.05) is 6.92 Å². The fourth-order valence-electron chi connectivity index (χ4n) is 1.22. The third kappa shape index (κ3) is 2.93. The van der Waals surface area contributed by atoms with Crippen LogP contribution in [-0.4, -0.2) is 18.5 Å². The highest BCUT2D eigenvalue weighted by molar-refractivity contribution is 5.92. The van der Waals surface area contributed by atoms with E-state index in [2.05, 4.69) is 16.9 Å². The van der Waals surface area contributed by atoms with Gasteiger partial charge in [-0.15, -0.1) is 0 Å². The fourth-order valence-corrected chi connectivity index (χ4v) is 1.22. The molecule has 0 aromatic carbocycles. The molecule has 0 bridgehead atoms. The molecular weight excluding hydrogens is 166 g/mol. The van der Waals surface area contributed by atoms with E-state index < -0.39 is 0 Å². The van der Waals surface area contributed by atoms with Gasteiger partial charge in [-0.25, -0.2) is 0 Å². The Morgan fingerprint density at radius 2 is 1.92 bits per heavy atom. The van der Waals surface area contributed by atoms with Gasteiger partial charge in [0.1, 0.15) is 0 Å². The second kappa shape index (κ2) is 3.64. The summed E-state index contributed by atoms with van der Waals surface area (Å²) in [6.45, 7) is 2.91. The third-order valence-corrected chi connectivity index (χ3v) is 2.53. The number of nitrogens with two attached hydrogens (primary N) is 3. The van der Waals surface area contributed by atoms with E-state index in [0.717, 1.165) is 13.0 Å². The summed E-state index contributed by atoms with van der Waals surface area (Å²) in [6, 6.07) is 0. The van der Waals surface area contributed by atoms with E-state index in [9.17, 15) is 0 Å². The van der Waals surface area contributed by atoms with E-state index in [1.54, 1.807) is 0 Å². The predicted molar refractivity (Wildman–Crippen MR) is 54.3 cm³/mol. The molecular formula is C8H17N5.